The standard InChI is InChI=1S/C54H36N2/c1-3-17-36(18-4-1)51-46-27-13-16-30-49(46)55-53(51)50-35-38-19-7-8-22-41(38)52(56-50)37-31-33-40(34-32-37)54(39-20-5-2-6-21-39)47-28-14-11-25-44(47)42-23-9-10-24-43(42)45-26-12-15-29-48(45)54/h1-35,49H. The summed E-state index contributed by atoms with van der Waals surface area (Å²) in [4.78, 5) is 10.8. The maximum Gasteiger partial charge on any atom is 0.0948 e. The average molecular weight is 713 g/mol. The summed E-state index contributed by atoms with van der Waals surface area (Å²) in [6.45, 7) is 0. The fourth-order valence-electron chi connectivity index (χ4n) is 9.40. The van der Waals surface area contributed by atoms with Crippen LogP contribution in [-0.2, 0) is 5.41 Å². The maximum atomic E-state index is 5.51. The van der Waals surface area contributed by atoms with Crippen molar-refractivity contribution in [2.45, 2.75) is 11.5 Å². The van der Waals surface area contributed by atoms with Gasteiger partial charge in [-0.15, -0.1) is 0 Å². The van der Waals surface area contributed by atoms with Crippen molar-refractivity contribution >= 4 is 22.1 Å². The first kappa shape index (κ1) is 32.3. The molecule has 0 bridgehead atoms. The molecule has 2 heteroatoms. The highest BCUT2D eigenvalue weighted by atomic mass is 14.9. The summed E-state index contributed by atoms with van der Waals surface area (Å²) in [5.41, 5.74) is 16.8. The lowest BCUT2D eigenvalue weighted by Crippen LogP contribution is -2.31. The van der Waals surface area contributed by atoms with Gasteiger partial charge in [-0.05, 0) is 67.1 Å². The molecule has 0 saturated heterocycles. The van der Waals surface area contributed by atoms with Crippen LogP contribution < -0.4 is 0 Å². The van der Waals surface area contributed by atoms with Crippen LogP contribution >= 0.6 is 0 Å². The first-order chi connectivity index (χ1) is 27.8. The van der Waals surface area contributed by atoms with E-state index in [1.807, 2.05) is 0 Å². The number of nitrogens with zero attached hydrogens (tertiary/aromatic N) is 2. The fraction of sp³-hybridized carbons (Fsp3) is 0.0370. The minimum atomic E-state index is -0.587. The van der Waals surface area contributed by atoms with Gasteiger partial charge >= 0.3 is 0 Å². The molecule has 1 aliphatic heterocycles. The number of allylic oxidation sites excluding steroid dienone is 3. The molecular weight excluding hydrogens is 677 g/mol. The molecule has 0 spiro atoms. The summed E-state index contributed by atoms with van der Waals surface area (Å²) in [6.07, 6.45) is 8.59. The number of aromatic nitrogens is 1. The summed E-state index contributed by atoms with van der Waals surface area (Å²) >= 11 is 0. The zero-order valence-electron chi connectivity index (χ0n) is 30.7. The summed E-state index contributed by atoms with van der Waals surface area (Å²) in [5, 5.41) is 2.26. The molecule has 11 rings (SSSR count). The van der Waals surface area contributed by atoms with Crippen LogP contribution in [0.15, 0.2) is 223 Å². The predicted octanol–water partition coefficient (Wildman–Crippen LogP) is 12.7. The molecular formula is C54H36N2. The van der Waals surface area contributed by atoms with Gasteiger partial charge in [-0.2, -0.15) is 0 Å². The normalized spacial score (nSPS) is 16.1. The van der Waals surface area contributed by atoms with E-state index in [9.17, 15) is 0 Å². The lowest BCUT2D eigenvalue weighted by molar-refractivity contribution is 0.751. The van der Waals surface area contributed by atoms with E-state index in [1.54, 1.807) is 0 Å². The van der Waals surface area contributed by atoms with Gasteiger partial charge < -0.3 is 0 Å². The first-order valence-electron chi connectivity index (χ1n) is 19.4. The van der Waals surface area contributed by atoms with E-state index in [1.165, 1.54) is 50.1 Å². The minimum absolute atomic E-state index is 0.0214. The zero-order valence-corrected chi connectivity index (χ0v) is 30.7. The monoisotopic (exact) mass is 712 g/mol. The number of benzene rings is 7. The molecule has 0 radical (unpaired) electrons. The molecule has 2 nitrogen and oxygen atoms in total. The summed E-state index contributed by atoms with van der Waals surface area (Å²) in [6, 6.07) is 68.5. The highest BCUT2D eigenvalue weighted by Gasteiger charge is 2.43. The Kier molecular flexibility index (Phi) is 7.50. The van der Waals surface area contributed by atoms with E-state index < -0.39 is 5.41 Å². The quantitative estimate of drug-likeness (QED) is 0.174. The zero-order chi connectivity index (χ0) is 37.1. The predicted molar refractivity (Wildman–Crippen MR) is 232 cm³/mol. The van der Waals surface area contributed by atoms with Crippen LogP contribution in [0.2, 0.25) is 0 Å². The van der Waals surface area contributed by atoms with Gasteiger partial charge in [0.2, 0.25) is 0 Å². The van der Waals surface area contributed by atoms with Crippen LogP contribution in [0.25, 0.3) is 49.9 Å². The molecule has 8 aromatic rings. The third-order valence-electron chi connectivity index (χ3n) is 11.8. The Morgan fingerprint density at radius 3 is 1.73 bits per heavy atom. The largest absolute Gasteiger partial charge is 0.270 e. The van der Waals surface area contributed by atoms with Crippen molar-refractivity contribution in [1.82, 2.24) is 4.98 Å². The Labute approximate surface area is 327 Å². The Bertz CT molecular complexity index is 2880. The lowest BCUT2D eigenvalue weighted by Gasteiger charge is -2.38. The van der Waals surface area contributed by atoms with Crippen LogP contribution in [0.4, 0.5) is 0 Å². The van der Waals surface area contributed by atoms with Crippen molar-refractivity contribution in [3.05, 3.63) is 251 Å². The highest BCUT2D eigenvalue weighted by molar-refractivity contribution is 6.34. The van der Waals surface area contributed by atoms with E-state index in [-0.39, 0.29) is 6.04 Å². The van der Waals surface area contributed by atoms with Crippen molar-refractivity contribution in [1.29, 1.82) is 0 Å². The van der Waals surface area contributed by atoms with Gasteiger partial charge in [0.25, 0.3) is 0 Å². The van der Waals surface area contributed by atoms with Crippen LogP contribution in [0, 0.1) is 0 Å². The molecule has 0 amide bonds. The second-order valence-electron chi connectivity index (χ2n) is 14.8. The van der Waals surface area contributed by atoms with Gasteiger partial charge in [0, 0.05) is 16.5 Å². The van der Waals surface area contributed by atoms with Gasteiger partial charge in [-0.1, -0.05) is 206 Å². The molecule has 262 valence electrons. The van der Waals surface area contributed by atoms with Crippen molar-refractivity contribution in [3.8, 4) is 33.5 Å². The fourth-order valence-corrected chi connectivity index (χ4v) is 9.40. The second-order valence-corrected chi connectivity index (χ2v) is 14.8. The Morgan fingerprint density at radius 1 is 0.464 bits per heavy atom. The van der Waals surface area contributed by atoms with E-state index in [0.717, 1.165) is 44.6 Å². The summed E-state index contributed by atoms with van der Waals surface area (Å²) in [7, 11) is 0. The van der Waals surface area contributed by atoms with E-state index >= 15 is 0 Å². The van der Waals surface area contributed by atoms with E-state index in [4.69, 9.17) is 9.98 Å². The molecule has 56 heavy (non-hydrogen) atoms. The summed E-state index contributed by atoms with van der Waals surface area (Å²) < 4.78 is 0. The maximum absolute atomic E-state index is 5.51. The molecule has 0 saturated carbocycles. The third kappa shape index (κ3) is 4.89. The molecule has 2 aliphatic carbocycles. The van der Waals surface area contributed by atoms with Crippen LogP contribution in [0.3, 0.4) is 0 Å². The van der Waals surface area contributed by atoms with Crippen molar-refractivity contribution < 1.29 is 0 Å². The van der Waals surface area contributed by atoms with Gasteiger partial charge in [-0.3, -0.25) is 4.99 Å². The number of aliphatic imine (C=N–C) groups is 1. The highest BCUT2D eigenvalue weighted by Crippen LogP contribution is 2.55. The summed E-state index contributed by atoms with van der Waals surface area (Å²) in [5.74, 6) is 0. The Balaban J connectivity index is 1.13. The Morgan fingerprint density at radius 2 is 1.04 bits per heavy atom. The van der Waals surface area contributed by atoms with Crippen molar-refractivity contribution in [2.24, 2.45) is 4.99 Å². The van der Waals surface area contributed by atoms with Crippen LogP contribution in [0.1, 0.15) is 33.5 Å². The number of rotatable bonds is 5. The number of hydrogen-bond acceptors (Lipinski definition) is 2. The first-order valence-corrected chi connectivity index (χ1v) is 19.4. The SMILES string of the molecule is C1=CC2=C(c3ccccc3)C(c3cc4ccccc4c(-c4ccc(C5(c6ccccc6)c6ccccc6-c6ccccc6-c6ccccc65)cc4)n3)=NC2C=C1. The third-order valence-corrected chi connectivity index (χ3v) is 11.8. The van der Waals surface area contributed by atoms with Gasteiger partial charge in [0.05, 0.1) is 28.6 Å². The molecule has 1 aromatic heterocycles. The number of hydrogen-bond donors (Lipinski definition) is 0. The second kappa shape index (κ2) is 13.0. The minimum Gasteiger partial charge on any atom is -0.270 e. The molecule has 0 N–H and O–H groups in total. The van der Waals surface area contributed by atoms with E-state index in [0.29, 0.717) is 0 Å². The van der Waals surface area contributed by atoms with Gasteiger partial charge in [-0.25, -0.2) is 4.98 Å². The molecule has 2 heterocycles. The van der Waals surface area contributed by atoms with E-state index in [2.05, 4.69) is 212 Å². The van der Waals surface area contributed by atoms with Crippen molar-refractivity contribution in [2.75, 3.05) is 0 Å². The molecule has 0 fully saturated rings. The Hall–Kier alpha value is -7.16. The average Bonchev–Trinajstić information content (AvgIpc) is 3.63. The molecule has 1 atom stereocenters. The lowest BCUT2D eigenvalue weighted by atomic mass is 9.63. The smallest absolute Gasteiger partial charge is 0.0948 e. The molecule has 1 unspecified atom stereocenters. The van der Waals surface area contributed by atoms with Crippen molar-refractivity contribution in [3.63, 3.8) is 0 Å². The van der Waals surface area contributed by atoms with Crippen LogP contribution in [0.5, 0.6) is 0 Å². The van der Waals surface area contributed by atoms with Gasteiger partial charge in [0.1, 0.15) is 0 Å². The van der Waals surface area contributed by atoms with Gasteiger partial charge in [0.15, 0.2) is 0 Å². The molecule has 3 aliphatic rings. The van der Waals surface area contributed by atoms with Crippen LogP contribution in [-0.4, -0.2) is 16.7 Å². The number of fused-ring (bicyclic) bond motifs is 7. The number of pyridine rings is 1. The topological polar surface area (TPSA) is 25.2 Å². The molecule has 7 aromatic carbocycles.